The molecule has 2 aliphatic heterocycles. The molecule has 1 atom stereocenters. The van der Waals surface area contributed by atoms with Gasteiger partial charge in [-0.05, 0) is 61.6 Å². The Kier molecular flexibility index (Phi) is 6.44. The minimum atomic E-state index is -0.514. The number of ether oxygens (including phenoxy) is 1. The third-order valence-corrected chi connectivity index (χ3v) is 7.06. The molecule has 182 valence electrons. The summed E-state index contributed by atoms with van der Waals surface area (Å²) < 4.78 is 7.70. The molecule has 0 saturated carbocycles. The monoisotopic (exact) mass is 473 g/mol. The highest BCUT2D eigenvalue weighted by Gasteiger charge is 2.36. The van der Waals surface area contributed by atoms with Crippen molar-refractivity contribution in [1.82, 2.24) is 14.6 Å². The van der Waals surface area contributed by atoms with Crippen molar-refractivity contribution in [3.05, 3.63) is 66.1 Å². The number of nitrogens with zero attached hydrogens (tertiary/aromatic N) is 3. The first-order valence-corrected chi connectivity index (χ1v) is 12.3. The van der Waals surface area contributed by atoms with Crippen molar-refractivity contribution in [2.75, 3.05) is 25.1 Å². The zero-order chi connectivity index (χ0) is 24.4. The summed E-state index contributed by atoms with van der Waals surface area (Å²) in [5.74, 6) is 2.64. The predicted molar refractivity (Wildman–Crippen MR) is 134 cm³/mol. The van der Waals surface area contributed by atoms with Gasteiger partial charge in [-0.15, -0.1) is 0 Å². The van der Waals surface area contributed by atoms with E-state index in [1.165, 1.54) is 0 Å². The van der Waals surface area contributed by atoms with Gasteiger partial charge in [0, 0.05) is 37.5 Å². The fourth-order valence-corrected chi connectivity index (χ4v) is 5.26. The number of aromatic nitrogens is 2. The van der Waals surface area contributed by atoms with E-state index >= 15 is 0 Å². The predicted octanol–water partition coefficient (Wildman–Crippen LogP) is 4.12. The van der Waals surface area contributed by atoms with E-state index in [4.69, 9.17) is 15.5 Å². The lowest BCUT2D eigenvalue weighted by molar-refractivity contribution is -0.132. The number of primary amides is 1. The Bertz CT molecular complexity index is 1200. The van der Waals surface area contributed by atoms with Crippen molar-refractivity contribution in [2.24, 2.45) is 11.7 Å². The highest BCUT2D eigenvalue weighted by atomic mass is 16.5. The van der Waals surface area contributed by atoms with Gasteiger partial charge in [-0.1, -0.05) is 25.1 Å². The van der Waals surface area contributed by atoms with Crippen LogP contribution in [0, 0.1) is 5.92 Å². The van der Waals surface area contributed by atoms with E-state index < -0.39 is 5.91 Å². The second-order valence-electron chi connectivity index (χ2n) is 9.18. The average Bonchev–Trinajstić information content (AvgIpc) is 3.29. The molecule has 3 N–H and O–H groups in total. The lowest BCUT2D eigenvalue weighted by Crippen LogP contribution is -2.41. The number of carbonyl (C=O) groups is 2. The number of imidazole rings is 1. The fourth-order valence-electron chi connectivity index (χ4n) is 5.26. The van der Waals surface area contributed by atoms with Crippen LogP contribution in [0.5, 0.6) is 11.5 Å². The SMILES string of the molecule is CCC(=O)N1CCC(C2CCNn3c2nc(-c2ccc(Oc4ccccc4)cc2)c3C(N)=O)CC1. The molecule has 0 spiro atoms. The number of fused-ring (bicyclic) bond motifs is 1. The van der Waals surface area contributed by atoms with Crippen molar-refractivity contribution in [2.45, 2.75) is 38.5 Å². The molecule has 2 aliphatic rings. The van der Waals surface area contributed by atoms with Crippen LogP contribution in [0.2, 0.25) is 0 Å². The zero-order valence-corrected chi connectivity index (χ0v) is 19.9. The molecule has 0 bridgehead atoms. The number of piperidine rings is 1. The molecule has 5 rings (SSSR count). The van der Waals surface area contributed by atoms with E-state index in [0.29, 0.717) is 29.5 Å². The molecular weight excluding hydrogens is 442 g/mol. The van der Waals surface area contributed by atoms with Gasteiger partial charge >= 0.3 is 0 Å². The summed E-state index contributed by atoms with van der Waals surface area (Å²) in [6.45, 7) is 4.21. The molecule has 1 fully saturated rings. The molecule has 8 nitrogen and oxygen atoms in total. The minimum absolute atomic E-state index is 0.211. The van der Waals surface area contributed by atoms with E-state index in [1.807, 2.05) is 66.4 Å². The summed E-state index contributed by atoms with van der Waals surface area (Å²) in [6, 6.07) is 17.1. The molecular formula is C27H31N5O3. The van der Waals surface area contributed by atoms with Gasteiger partial charge < -0.3 is 20.8 Å². The molecule has 2 aromatic carbocycles. The van der Waals surface area contributed by atoms with Gasteiger partial charge in [-0.25, -0.2) is 9.66 Å². The molecule has 0 aliphatic carbocycles. The van der Waals surface area contributed by atoms with Gasteiger partial charge in [0.2, 0.25) is 5.91 Å². The maximum Gasteiger partial charge on any atom is 0.269 e. The summed E-state index contributed by atoms with van der Waals surface area (Å²) in [4.78, 5) is 31.5. The molecule has 3 aromatic rings. The number of benzene rings is 2. The second-order valence-corrected chi connectivity index (χ2v) is 9.18. The number of hydrogen-bond acceptors (Lipinski definition) is 5. The van der Waals surface area contributed by atoms with E-state index in [0.717, 1.165) is 56.0 Å². The van der Waals surface area contributed by atoms with Crippen LogP contribution in [0.15, 0.2) is 54.6 Å². The Balaban J connectivity index is 1.41. The van der Waals surface area contributed by atoms with Crippen molar-refractivity contribution in [3.63, 3.8) is 0 Å². The Morgan fingerprint density at radius 3 is 2.37 bits per heavy atom. The lowest BCUT2D eigenvalue weighted by atomic mass is 9.81. The van der Waals surface area contributed by atoms with Crippen LogP contribution in [0.3, 0.4) is 0 Å². The minimum Gasteiger partial charge on any atom is -0.457 e. The maximum atomic E-state index is 12.5. The Morgan fingerprint density at radius 2 is 1.71 bits per heavy atom. The van der Waals surface area contributed by atoms with Gasteiger partial charge in [-0.3, -0.25) is 9.59 Å². The summed E-state index contributed by atoms with van der Waals surface area (Å²) in [5, 5.41) is 0. The van der Waals surface area contributed by atoms with Crippen molar-refractivity contribution >= 4 is 11.8 Å². The number of para-hydroxylation sites is 1. The Hall–Kier alpha value is -3.81. The van der Waals surface area contributed by atoms with Crippen molar-refractivity contribution in [1.29, 1.82) is 0 Å². The van der Waals surface area contributed by atoms with E-state index in [2.05, 4.69) is 5.43 Å². The summed E-state index contributed by atoms with van der Waals surface area (Å²) in [7, 11) is 0. The van der Waals surface area contributed by atoms with Crippen molar-refractivity contribution in [3.8, 4) is 22.8 Å². The summed E-state index contributed by atoms with van der Waals surface area (Å²) in [6.07, 6.45) is 3.36. The van der Waals surface area contributed by atoms with Gasteiger partial charge in [0.15, 0.2) is 5.69 Å². The van der Waals surface area contributed by atoms with Crippen LogP contribution in [-0.2, 0) is 4.79 Å². The van der Waals surface area contributed by atoms with Gasteiger partial charge in [0.1, 0.15) is 23.0 Å². The fraction of sp³-hybridized carbons (Fsp3) is 0.370. The molecule has 1 aromatic heterocycles. The van der Waals surface area contributed by atoms with Crippen LogP contribution in [0.1, 0.15) is 54.8 Å². The van der Waals surface area contributed by atoms with Crippen LogP contribution < -0.4 is 15.9 Å². The summed E-state index contributed by atoms with van der Waals surface area (Å²) in [5.41, 5.74) is 10.9. The number of likely N-dealkylation sites (tertiary alicyclic amines) is 1. The van der Waals surface area contributed by atoms with E-state index in [1.54, 1.807) is 4.68 Å². The van der Waals surface area contributed by atoms with E-state index in [-0.39, 0.29) is 11.8 Å². The van der Waals surface area contributed by atoms with Crippen LogP contribution >= 0.6 is 0 Å². The van der Waals surface area contributed by atoms with Crippen LogP contribution in [0.4, 0.5) is 0 Å². The van der Waals surface area contributed by atoms with Crippen LogP contribution in [0.25, 0.3) is 11.3 Å². The number of carbonyl (C=O) groups excluding carboxylic acids is 2. The smallest absolute Gasteiger partial charge is 0.269 e. The summed E-state index contributed by atoms with van der Waals surface area (Å²) >= 11 is 0. The first kappa shape index (κ1) is 23.0. The quantitative estimate of drug-likeness (QED) is 0.561. The topological polar surface area (TPSA) is 102 Å². The lowest BCUT2D eigenvalue weighted by Gasteiger charge is -2.37. The first-order valence-electron chi connectivity index (χ1n) is 12.3. The largest absolute Gasteiger partial charge is 0.457 e. The number of nitrogens with two attached hydrogens (primary N) is 1. The average molecular weight is 474 g/mol. The molecule has 35 heavy (non-hydrogen) atoms. The Morgan fingerprint density at radius 1 is 1.03 bits per heavy atom. The van der Waals surface area contributed by atoms with Gasteiger partial charge in [0.05, 0.1) is 0 Å². The van der Waals surface area contributed by atoms with E-state index in [9.17, 15) is 9.59 Å². The van der Waals surface area contributed by atoms with Crippen LogP contribution in [-0.4, -0.2) is 46.0 Å². The first-order chi connectivity index (χ1) is 17.0. The third-order valence-electron chi connectivity index (χ3n) is 7.06. The molecule has 8 heteroatoms. The molecule has 0 radical (unpaired) electrons. The zero-order valence-electron chi connectivity index (χ0n) is 19.9. The number of rotatable bonds is 6. The standard InChI is InChI=1S/C27H31N5O3/c1-2-23(33)31-16-13-18(14-17-31)22-12-15-29-32-25(26(28)34)24(30-27(22)32)19-8-10-21(11-9-19)35-20-6-4-3-5-7-20/h3-11,18,22,29H,2,12-17H2,1H3,(H2,28,34). The van der Waals surface area contributed by atoms with Crippen molar-refractivity contribution < 1.29 is 14.3 Å². The highest BCUT2D eigenvalue weighted by molar-refractivity contribution is 5.97. The number of hydrogen-bond donors (Lipinski definition) is 2. The third kappa shape index (κ3) is 4.60. The number of nitrogens with one attached hydrogen (secondary N) is 1. The Labute approximate surface area is 205 Å². The highest BCUT2D eigenvalue weighted by Crippen LogP contribution is 2.39. The van der Waals surface area contributed by atoms with Gasteiger partial charge in [0.25, 0.3) is 5.91 Å². The maximum absolute atomic E-state index is 12.5. The second kappa shape index (κ2) is 9.82. The molecule has 1 saturated heterocycles. The molecule has 3 heterocycles. The van der Waals surface area contributed by atoms with Gasteiger partial charge in [-0.2, -0.15) is 0 Å². The molecule has 1 unspecified atom stereocenters. The number of amides is 2. The normalized spacial score (nSPS) is 18.0. The molecule has 2 amide bonds.